The number of benzene rings is 1. The van der Waals surface area contributed by atoms with E-state index in [2.05, 4.69) is 46.4 Å². The van der Waals surface area contributed by atoms with Gasteiger partial charge in [-0.1, -0.05) is 24.3 Å². The third-order valence-electron chi connectivity index (χ3n) is 5.59. The first-order valence-electron chi connectivity index (χ1n) is 10.3. The van der Waals surface area contributed by atoms with Gasteiger partial charge >= 0.3 is 0 Å². The minimum Gasteiger partial charge on any atom is -0.469 e. The molecule has 3 aromatic rings. The number of nitrogens with one attached hydrogen (secondary N) is 1. The van der Waals surface area contributed by atoms with Crippen molar-refractivity contribution in [2.75, 3.05) is 31.5 Å². The molecule has 162 valence electrons. The van der Waals surface area contributed by atoms with Crippen molar-refractivity contribution in [3.05, 3.63) is 70.1 Å². The maximum Gasteiger partial charge on any atom is 0.260 e. The lowest BCUT2D eigenvalue weighted by Crippen LogP contribution is -2.48. The molecule has 0 atom stereocenters. The summed E-state index contributed by atoms with van der Waals surface area (Å²) in [4.78, 5) is 33.7. The predicted molar refractivity (Wildman–Crippen MR) is 120 cm³/mol. The molecule has 1 saturated heterocycles. The molecule has 0 saturated carbocycles. The third kappa shape index (κ3) is 5.21. The van der Waals surface area contributed by atoms with Crippen LogP contribution in [0.1, 0.15) is 32.9 Å². The number of amides is 2. The molecule has 31 heavy (non-hydrogen) atoms. The van der Waals surface area contributed by atoms with Crippen molar-refractivity contribution in [2.24, 2.45) is 0 Å². The second-order valence-corrected chi connectivity index (χ2v) is 8.61. The molecule has 1 aliphatic heterocycles. The highest BCUT2D eigenvalue weighted by Gasteiger charge is 2.22. The lowest BCUT2D eigenvalue weighted by atomic mass is 10.1. The summed E-state index contributed by atoms with van der Waals surface area (Å²) in [7, 11) is 0. The van der Waals surface area contributed by atoms with Crippen LogP contribution < -0.4 is 5.32 Å². The lowest BCUT2D eigenvalue weighted by Gasteiger charge is -2.35. The molecule has 1 aromatic carbocycles. The van der Waals surface area contributed by atoms with E-state index in [1.807, 2.05) is 10.3 Å². The summed E-state index contributed by atoms with van der Waals surface area (Å²) in [5, 5.41) is 5.08. The molecule has 0 aliphatic carbocycles. The molecule has 4 rings (SSSR count). The quantitative estimate of drug-likeness (QED) is 0.637. The van der Waals surface area contributed by atoms with Crippen molar-refractivity contribution >= 4 is 28.3 Å². The summed E-state index contributed by atoms with van der Waals surface area (Å²) < 4.78 is 5.16. The van der Waals surface area contributed by atoms with Gasteiger partial charge in [-0.05, 0) is 31.0 Å². The molecular weight excluding hydrogens is 412 g/mol. The molecule has 3 heterocycles. The number of rotatable bonds is 6. The van der Waals surface area contributed by atoms with E-state index in [0.717, 1.165) is 32.7 Å². The van der Waals surface area contributed by atoms with Gasteiger partial charge in [-0.3, -0.25) is 19.8 Å². The van der Waals surface area contributed by atoms with Crippen molar-refractivity contribution in [2.45, 2.75) is 26.8 Å². The van der Waals surface area contributed by atoms with E-state index in [0.29, 0.717) is 22.1 Å². The minimum atomic E-state index is -0.261. The zero-order valence-corrected chi connectivity index (χ0v) is 18.6. The SMILES string of the molecule is Cc1ccccc1CN1CCN(C(=O)Cc2csc(NC(=O)c3ccoc3C)n2)CC1. The van der Waals surface area contributed by atoms with Gasteiger partial charge in [0.1, 0.15) is 5.76 Å². The van der Waals surface area contributed by atoms with Gasteiger partial charge in [-0.2, -0.15) is 0 Å². The van der Waals surface area contributed by atoms with Crippen LogP contribution in [-0.2, 0) is 17.8 Å². The van der Waals surface area contributed by atoms with Crippen LogP contribution in [0.3, 0.4) is 0 Å². The number of carbonyl (C=O) groups is 2. The molecule has 1 fully saturated rings. The summed E-state index contributed by atoms with van der Waals surface area (Å²) in [5.74, 6) is 0.374. The average Bonchev–Trinajstić information content (AvgIpc) is 3.39. The molecule has 2 aromatic heterocycles. The average molecular weight is 439 g/mol. The third-order valence-corrected chi connectivity index (χ3v) is 6.39. The number of aromatic nitrogens is 1. The zero-order chi connectivity index (χ0) is 21.8. The van der Waals surface area contributed by atoms with Crippen molar-refractivity contribution in [3.8, 4) is 0 Å². The summed E-state index contributed by atoms with van der Waals surface area (Å²) in [6.45, 7) is 7.96. The second kappa shape index (κ2) is 9.45. The number of carbonyl (C=O) groups excluding carboxylic acids is 2. The van der Waals surface area contributed by atoms with E-state index in [1.54, 1.807) is 13.0 Å². The number of piperazine rings is 1. The Morgan fingerprint density at radius 3 is 2.61 bits per heavy atom. The van der Waals surface area contributed by atoms with Crippen LogP contribution >= 0.6 is 11.3 Å². The Labute approximate surface area is 185 Å². The van der Waals surface area contributed by atoms with Gasteiger partial charge in [0, 0.05) is 38.1 Å². The fraction of sp³-hybridized carbons (Fsp3) is 0.348. The largest absolute Gasteiger partial charge is 0.469 e. The number of aryl methyl sites for hydroxylation is 2. The van der Waals surface area contributed by atoms with Crippen LogP contribution in [-0.4, -0.2) is 52.8 Å². The normalized spacial score (nSPS) is 14.6. The van der Waals surface area contributed by atoms with E-state index in [-0.39, 0.29) is 18.2 Å². The van der Waals surface area contributed by atoms with Crippen LogP contribution in [0.25, 0.3) is 0 Å². The molecule has 1 N–H and O–H groups in total. The second-order valence-electron chi connectivity index (χ2n) is 7.75. The smallest absolute Gasteiger partial charge is 0.260 e. The number of furan rings is 1. The summed E-state index contributed by atoms with van der Waals surface area (Å²) in [5.41, 5.74) is 3.80. The van der Waals surface area contributed by atoms with Crippen molar-refractivity contribution in [3.63, 3.8) is 0 Å². The highest BCUT2D eigenvalue weighted by molar-refractivity contribution is 7.14. The van der Waals surface area contributed by atoms with Crippen molar-refractivity contribution in [1.82, 2.24) is 14.8 Å². The van der Waals surface area contributed by atoms with Gasteiger partial charge in [-0.15, -0.1) is 11.3 Å². The Balaban J connectivity index is 1.26. The minimum absolute atomic E-state index is 0.0735. The van der Waals surface area contributed by atoms with Crippen LogP contribution in [0.15, 0.2) is 46.4 Å². The predicted octanol–water partition coefficient (Wildman–Crippen LogP) is 3.49. The van der Waals surface area contributed by atoms with Gasteiger partial charge in [0.15, 0.2) is 5.13 Å². The van der Waals surface area contributed by atoms with Crippen LogP contribution in [0.5, 0.6) is 0 Å². The zero-order valence-electron chi connectivity index (χ0n) is 17.8. The Bertz CT molecular complexity index is 1070. The van der Waals surface area contributed by atoms with Gasteiger partial charge in [0.25, 0.3) is 5.91 Å². The van der Waals surface area contributed by atoms with E-state index < -0.39 is 0 Å². The Morgan fingerprint density at radius 2 is 1.90 bits per heavy atom. The molecule has 1 aliphatic rings. The lowest BCUT2D eigenvalue weighted by molar-refractivity contribution is -0.132. The van der Waals surface area contributed by atoms with Gasteiger partial charge in [-0.25, -0.2) is 4.98 Å². The standard InChI is InChI=1S/C23H26N4O3S/c1-16-5-3-4-6-18(16)14-26-8-10-27(11-9-26)21(28)13-19-15-31-23(24-19)25-22(29)20-7-12-30-17(20)2/h3-7,12,15H,8-11,13-14H2,1-2H3,(H,24,25,29). The monoisotopic (exact) mass is 438 g/mol. The molecule has 0 bridgehead atoms. The van der Waals surface area contributed by atoms with Gasteiger partial charge in [0.05, 0.1) is 23.9 Å². The molecule has 2 amide bonds. The highest BCUT2D eigenvalue weighted by Crippen LogP contribution is 2.19. The fourth-order valence-electron chi connectivity index (χ4n) is 3.68. The number of hydrogen-bond acceptors (Lipinski definition) is 6. The van der Waals surface area contributed by atoms with Crippen LogP contribution in [0.2, 0.25) is 0 Å². The number of anilines is 1. The van der Waals surface area contributed by atoms with E-state index in [9.17, 15) is 9.59 Å². The molecule has 0 radical (unpaired) electrons. The highest BCUT2D eigenvalue weighted by atomic mass is 32.1. The maximum absolute atomic E-state index is 12.7. The van der Waals surface area contributed by atoms with E-state index in [1.165, 1.54) is 28.7 Å². The first kappa shape index (κ1) is 21.3. The summed E-state index contributed by atoms with van der Waals surface area (Å²) in [6.07, 6.45) is 1.73. The topological polar surface area (TPSA) is 78.7 Å². The molecular formula is C23H26N4O3S. The number of hydrogen-bond donors (Lipinski definition) is 1. The van der Waals surface area contributed by atoms with E-state index >= 15 is 0 Å². The number of thiazole rings is 1. The van der Waals surface area contributed by atoms with Crippen molar-refractivity contribution in [1.29, 1.82) is 0 Å². The molecule has 0 spiro atoms. The Kier molecular flexibility index (Phi) is 6.48. The van der Waals surface area contributed by atoms with Gasteiger partial charge < -0.3 is 9.32 Å². The van der Waals surface area contributed by atoms with Crippen LogP contribution in [0.4, 0.5) is 5.13 Å². The molecule has 8 heteroatoms. The first-order valence-corrected chi connectivity index (χ1v) is 11.2. The molecule has 7 nitrogen and oxygen atoms in total. The Hall–Kier alpha value is -2.97. The summed E-state index contributed by atoms with van der Waals surface area (Å²) >= 11 is 1.32. The number of nitrogens with zero attached hydrogens (tertiary/aromatic N) is 3. The molecule has 0 unspecified atom stereocenters. The first-order chi connectivity index (χ1) is 15.0. The van der Waals surface area contributed by atoms with Crippen LogP contribution in [0, 0.1) is 13.8 Å². The maximum atomic E-state index is 12.7. The fourth-order valence-corrected chi connectivity index (χ4v) is 4.39. The summed E-state index contributed by atoms with van der Waals surface area (Å²) in [6, 6.07) is 10.1. The van der Waals surface area contributed by atoms with E-state index in [4.69, 9.17) is 4.42 Å². The van der Waals surface area contributed by atoms with Crippen molar-refractivity contribution < 1.29 is 14.0 Å². The Morgan fingerprint density at radius 1 is 1.13 bits per heavy atom. The van der Waals surface area contributed by atoms with Gasteiger partial charge in [0.2, 0.25) is 5.91 Å².